The topological polar surface area (TPSA) is 54.3 Å². The van der Waals surface area contributed by atoms with Crippen molar-refractivity contribution < 1.29 is 9.47 Å². The van der Waals surface area contributed by atoms with Crippen LogP contribution in [0.3, 0.4) is 0 Å². The lowest BCUT2D eigenvalue weighted by atomic mass is 9.88. The van der Waals surface area contributed by atoms with Crippen molar-refractivity contribution in [1.29, 1.82) is 5.26 Å². The van der Waals surface area contributed by atoms with Crippen molar-refractivity contribution in [3.63, 3.8) is 0 Å². The van der Waals surface area contributed by atoms with Crippen molar-refractivity contribution in [2.45, 2.75) is 46.8 Å². The first-order valence-electron chi connectivity index (χ1n) is 6.36. The first-order valence-corrected chi connectivity index (χ1v) is 6.36. The molecular formula is C13H26N2O2. The Morgan fingerprint density at radius 3 is 2.29 bits per heavy atom. The molecule has 0 rings (SSSR count). The summed E-state index contributed by atoms with van der Waals surface area (Å²) in [5, 5.41) is 11.9. The van der Waals surface area contributed by atoms with Crippen molar-refractivity contribution in [3.05, 3.63) is 0 Å². The van der Waals surface area contributed by atoms with Gasteiger partial charge in [-0.3, -0.25) is 0 Å². The lowest BCUT2D eigenvalue weighted by Gasteiger charge is -2.25. The van der Waals surface area contributed by atoms with E-state index in [0.717, 1.165) is 13.0 Å². The summed E-state index contributed by atoms with van der Waals surface area (Å²) >= 11 is 0. The van der Waals surface area contributed by atoms with Gasteiger partial charge in [0.25, 0.3) is 0 Å². The molecule has 0 aromatic rings. The van der Waals surface area contributed by atoms with Gasteiger partial charge in [0.15, 0.2) is 6.29 Å². The molecule has 0 bridgehead atoms. The van der Waals surface area contributed by atoms with Gasteiger partial charge in [-0.25, -0.2) is 0 Å². The van der Waals surface area contributed by atoms with Crippen LogP contribution in [-0.4, -0.2) is 32.6 Å². The minimum atomic E-state index is -0.170. The van der Waals surface area contributed by atoms with Crippen LogP contribution in [0.15, 0.2) is 0 Å². The summed E-state index contributed by atoms with van der Waals surface area (Å²) in [6, 6.07) is 2.19. The second-order valence-corrected chi connectivity index (χ2v) is 4.79. The third kappa shape index (κ3) is 9.11. The monoisotopic (exact) mass is 242 g/mol. The van der Waals surface area contributed by atoms with Crippen LogP contribution in [0.2, 0.25) is 0 Å². The zero-order chi connectivity index (χ0) is 13.1. The van der Waals surface area contributed by atoms with Crippen LogP contribution in [0, 0.1) is 16.7 Å². The first-order chi connectivity index (χ1) is 8.05. The number of nitrogens with one attached hydrogen (secondary N) is 1. The Morgan fingerprint density at radius 2 is 1.82 bits per heavy atom. The smallest absolute Gasteiger partial charge is 0.169 e. The van der Waals surface area contributed by atoms with E-state index >= 15 is 0 Å². The summed E-state index contributed by atoms with van der Waals surface area (Å²) in [6.07, 6.45) is 1.34. The normalized spacial score (nSPS) is 11.8. The summed E-state index contributed by atoms with van der Waals surface area (Å²) < 4.78 is 10.9. The lowest BCUT2D eigenvalue weighted by Crippen LogP contribution is -2.37. The van der Waals surface area contributed by atoms with Gasteiger partial charge in [0.2, 0.25) is 0 Å². The molecule has 0 spiro atoms. The first kappa shape index (κ1) is 16.4. The molecule has 0 aliphatic heterocycles. The van der Waals surface area contributed by atoms with Crippen LogP contribution in [0.25, 0.3) is 0 Å². The van der Waals surface area contributed by atoms with Gasteiger partial charge in [-0.15, -0.1) is 0 Å². The molecule has 0 aromatic heterocycles. The number of nitriles is 1. The SMILES string of the molecule is CCOC(CNCC(C)(C)CCC#N)OCC. The summed E-state index contributed by atoms with van der Waals surface area (Å²) in [6.45, 7) is 11.1. The predicted octanol–water partition coefficient (Wildman–Crippen LogP) is 2.31. The molecule has 100 valence electrons. The Bertz CT molecular complexity index is 218. The third-order valence-corrected chi connectivity index (χ3v) is 2.53. The van der Waals surface area contributed by atoms with E-state index < -0.39 is 0 Å². The molecule has 4 heteroatoms. The van der Waals surface area contributed by atoms with Gasteiger partial charge in [-0.2, -0.15) is 5.26 Å². The van der Waals surface area contributed by atoms with Gasteiger partial charge in [0.1, 0.15) is 0 Å². The van der Waals surface area contributed by atoms with E-state index in [-0.39, 0.29) is 11.7 Å². The third-order valence-electron chi connectivity index (χ3n) is 2.53. The van der Waals surface area contributed by atoms with Gasteiger partial charge in [-0.05, 0) is 25.7 Å². The molecule has 0 aromatic carbocycles. The molecule has 0 fully saturated rings. The molecule has 0 heterocycles. The second kappa shape index (κ2) is 9.41. The largest absolute Gasteiger partial charge is 0.352 e. The minimum Gasteiger partial charge on any atom is -0.352 e. The molecule has 4 nitrogen and oxygen atoms in total. The fourth-order valence-corrected chi connectivity index (χ4v) is 1.55. The quantitative estimate of drug-likeness (QED) is 0.597. The Hall–Kier alpha value is -0.630. The highest BCUT2D eigenvalue weighted by atomic mass is 16.7. The standard InChI is InChI=1S/C13H26N2O2/c1-5-16-12(17-6-2)10-15-11-13(3,4)8-7-9-14/h12,15H,5-8,10-11H2,1-4H3. The average molecular weight is 242 g/mol. The molecule has 17 heavy (non-hydrogen) atoms. The van der Waals surface area contributed by atoms with Crippen LogP contribution >= 0.6 is 0 Å². The molecule has 0 aliphatic carbocycles. The maximum absolute atomic E-state index is 8.57. The van der Waals surface area contributed by atoms with Crippen molar-refractivity contribution in [2.24, 2.45) is 5.41 Å². The predicted molar refractivity (Wildman–Crippen MR) is 68.5 cm³/mol. The van der Waals surface area contributed by atoms with Crippen LogP contribution in [0.1, 0.15) is 40.5 Å². The van der Waals surface area contributed by atoms with E-state index in [1.807, 2.05) is 13.8 Å². The van der Waals surface area contributed by atoms with Crippen molar-refractivity contribution >= 4 is 0 Å². The number of hydrogen-bond acceptors (Lipinski definition) is 4. The Labute approximate surface area is 105 Å². The summed E-state index contributed by atoms with van der Waals surface area (Å²) in [5.74, 6) is 0. The molecule has 1 N–H and O–H groups in total. The van der Waals surface area contributed by atoms with E-state index in [0.29, 0.717) is 26.2 Å². The molecule has 0 amide bonds. The van der Waals surface area contributed by atoms with E-state index in [4.69, 9.17) is 14.7 Å². The molecule has 0 aliphatic rings. The summed E-state index contributed by atoms with van der Waals surface area (Å²) in [4.78, 5) is 0. The molecule has 0 saturated carbocycles. The number of rotatable bonds is 10. The summed E-state index contributed by atoms with van der Waals surface area (Å²) in [7, 11) is 0. The van der Waals surface area contributed by atoms with Crippen molar-refractivity contribution in [3.8, 4) is 6.07 Å². The van der Waals surface area contributed by atoms with Crippen molar-refractivity contribution in [2.75, 3.05) is 26.3 Å². The molecule has 0 saturated heterocycles. The Balaban J connectivity index is 3.81. The average Bonchev–Trinajstić information content (AvgIpc) is 2.27. The van der Waals surface area contributed by atoms with Gasteiger partial charge < -0.3 is 14.8 Å². The van der Waals surface area contributed by atoms with E-state index in [1.165, 1.54) is 0 Å². The summed E-state index contributed by atoms with van der Waals surface area (Å²) in [5.41, 5.74) is 0.138. The molecule has 0 radical (unpaired) electrons. The van der Waals surface area contributed by atoms with E-state index in [9.17, 15) is 0 Å². The van der Waals surface area contributed by atoms with Gasteiger partial charge in [-0.1, -0.05) is 13.8 Å². The maximum Gasteiger partial charge on any atom is 0.169 e. The highest BCUT2D eigenvalue weighted by molar-refractivity contribution is 4.78. The Kier molecular flexibility index (Phi) is 9.06. The maximum atomic E-state index is 8.57. The lowest BCUT2D eigenvalue weighted by molar-refractivity contribution is -0.133. The minimum absolute atomic E-state index is 0.138. The van der Waals surface area contributed by atoms with Gasteiger partial charge in [0.05, 0.1) is 6.07 Å². The highest BCUT2D eigenvalue weighted by Crippen LogP contribution is 2.20. The molecular weight excluding hydrogens is 216 g/mol. The number of ether oxygens (including phenoxy) is 2. The second-order valence-electron chi connectivity index (χ2n) is 4.79. The van der Waals surface area contributed by atoms with Crippen molar-refractivity contribution in [1.82, 2.24) is 5.32 Å². The molecule has 0 atom stereocenters. The highest BCUT2D eigenvalue weighted by Gasteiger charge is 2.17. The van der Waals surface area contributed by atoms with Gasteiger partial charge in [0, 0.05) is 32.7 Å². The zero-order valence-corrected chi connectivity index (χ0v) is 11.6. The number of nitrogens with zero attached hydrogens (tertiary/aromatic N) is 1. The Morgan fingerprint density at radius 1 is 1.24 bits per heavy atom. The number of hydrogen-bond donors (Lipinski definition) is 1. The zero-order valence-electron chi connectivity index (χ0n) is 11.6. The van der Waals surface area contributed by atoms with Crippen LogP contribution in [0.5, 0.6) is 0 Å². The van der Waals surface area contributed by atoms with Gasteiger partial charge >= 0.3 is 0 Å². The van der Waals surface area contributed by atoms with Crippen LogP contribution in [-0.2, 0) is 9.47 Å². The van der Waals surface area contributed by atoms with E-state index in [2.05, 4.69) is 25.2 Å². The van der Waals surface area contributed by atoms with E-state index in [1.54, 1.807) is 0 Å². The molecule has 0 unspecified atom stereocenters. The van der Waals surface area contributed by atoms with Crippen LogP contribution in [0.4, 0.5) is 0 Å². The fraction of sp³-hybridized carbons (Fsp3) is 0.923. The fourth-order valence-electron chi connectivity index (χ4n) is 1.55. The van der Waals surface area contributed by atoms with Crippen LogP contribution < -0.4 is 5.32 Å².